The largest absolute Gasteiger partial charge is 0.354 e. The molecule has 156 valence electrons. The quantitative estimate of drug-likeness (QED) is 0.445. The van der Waals surface area contributed by atoms with Gasteiger partial charge in [-0.3, -0.25) is 9.29 Å². The molecule has 0 fully saturated rings. The summed E-state index contributed by atoms with van der Waals surface area (Å²) in [5.74, 6) is 1.51. The molecule has 1 aromatic rings. The molecule has 0 bridgehead atoms. The van der Waals surface area contributed by atoms with Gasteiger partial charge in [0.1, 0.15) is 5.69 Å². The molecular formula is C19H22BrN3O3S3. The fraction of sp³-hybridized carbons (Fsp3) is 0.368. The highest BCUT2D eigenvalue weighted by atomic mass is 79.9. The van der Waals surface area contributed by atoms with Gasteiger partial charge in [0.15, 0.2) is 5.82 Å². The van der Waals surface area contributed by atoms with Gasteiger partial charge in [0.25, 0.3) is 10.0 Å². The first-order chi connectivity index (χ1) is 13.6. The number of thioether (sulfide) groups is 1. The lowest BCUT2D eigenvalue weighted by Crippen LogP contribution is -2.17. The van der Waals surface area contributed by atoms with Crippen LogP contribution in [0.3, 0.4) is 0 Å². The predicted octanol–water partition coefficient (Wildman–Crippen LogP) is 5.05. The molecule has 2 heterocycles. The predicted molar refractivity (Wildman–Crippen MR) is 124 cm³/mol. The number of anilines is 1. The van der Waals surface area contributed by atoms with Crippen LogP contribution in [0.5, 0.6) is 0 Å². The number of nitrogens with zero attached hydrogens (tertiary/aromatic N) is 2. The fourth-order valence-corrected chi connectivity index (χ4v) is 7.06. The molecule has 0 spiro atoms. The Labute approximate surface area is 187 Å². The molecule has 2 aliphatic rings. The van der Waals surface area contributed by atoms with Crippen molar-refractivity contribution in [2.45, 2.75) is 43.2 Å². The smallest absolute Gasteiger partial charge is 0.261 e. The minimum absolute atomic E-state index is 0.0707. The van der Waals surface area contributed by atoms with E-state index in [1.807, 2.05) is 13.8 Å². The lowest BCUT2D eigenvalue weighted by atomic mass is 10.2. The van der Waals surface area contributed by atoms with Gasteiger partial charge in [-0.15, -0.1) is 23.1 Å². The highest BCUT2D eigenvalue weighted by Crippen LogP contribution is 2.39. The van der Waals surface area contributed by atoms with E-state index in [1.165, 1.54) is 16.7 Å². The van der Waals surface area contributed by atoms with Gasteiger partial charge in [0, 0.05) is 15.0 Å². The van der Waals surface area contributed by atoms with Crippen molar-refractivity contribution in [2.75, 3.05) is 10.5 Å². The highest BCUT2D eigenvalue weighted by molar-refractivity contribution is 9.10. The number of aromatic nitrogens is 2. The Hall–Kier alpha value is -1.36. The SMILES string of the molecule is Cc1sc(SCCC(C)C)c2c(NS(=O)(=O)c3cccc(Br)c3)nc(=O)n-2c1C. The van der Waals surface area contributed by atoms with Gasteiger partial charge in [-0.05, 0) is 50.1 Å². The number of imidazole rings is 1. The van der Waals surface area contributed by atoms with Crippen molar-refractivity contribution < 1.29 is 8.42 Å². The highest BCUT2D eigenvalue weighted by Gasteiger charge is 2.26. The maximum absolute atomic E-state index is 12.9. The normalized spacial score (nSPS) is 12.1. The van der Waals surface area contributed by atoms with E-state index in [0.29, 0.717) is 16.1 Å². The molecule has 0 radical (unpaired) electrons. The summed E-state index contributed by atoms with van der Waals surface area (Å²) in [5.41, 5.74) is 0.810. The van der Waals surface area contributed by atoms with Gasteiger partial charge in [0.05, 0.1) is 9.10 Å². The summed E-state index contributed by atoms with van der Waals surface area (Å²) >= 11 is 6.48. The van der Waals surface area contributed by atoms with Gasteiger partial charge in [-0.1, -0.05) is 35.8 Å². The number of benzene rings is 1. The van der Waals surface area contributed by atoms with Crippen LogP contribution in [0, 0.1) is 19.8 Å². The zero-order valence-electron chi connectivity index (χ0n) is 16.5. The zero-order valence-corrected chi connectivity index (χ0v) is 20.6. The lowest BCUT2D eigenvalue weighted by Gasteiger charge is -2.16. The van der Waals surface area contributed by atoms with Crippen LogP contribution in [0.1, 0.15) is 30.8 Å². The van der Waals surface area contributed by atoms with Gasteiger partial charge >= 0.3 is 5.69 Å². The molecule has 0 aromatic heterocycles. The summed E-state index contributed by atoms with van der Waals surface area (Å²) in [4.78, 5) is 17.7. The molecule has 29 heavy (non-hydrogen) atoms. The molecule has 0 aliphatic carbocycles. The standard InChI is InChI=1S/C19H22BrN3O3S3/c1-11(2)8-9-27-18-16-17(21-19(24)23(16)12(3)13(4)28-18)22-29(25,26)15-7-5-6-14(20)10-15/h5-7,10-11H,8-9H2,1-4H3,(H,21,22,24). The second kappa shape index (κ2) is 8.79. The van der Waals surface area contributed by atoms with E-state index >= 15 is 0 Å². The summed E-state index contributed by atoms with van der Waals surface area (Å²) in [7, 11) is -3.89. The number of hydrogen-bond donors (Lipinski definition) is 1. The second-order valence-corrected chi connectivity index (χ2v) is 12.2. The first-order valence-corrected chi connectivity index (χ1v) is 13.1. The molecule has 6 nitrogen and oxygen atoms in total. The van der Waals surface area contributed by atoms with Crippen LogP contribution >= 0.6 is 39.0 Å². The van der Waals surface area contributed by atoms with Gasteiger partial charge in [-0.2, -0.15) is 4.98 Å². The number of nitrogens with one attached hydrogen (secondary N) is 1. The Morgan fingerprint density at radius 1 is 1.31 bits per heavy atom. The van der Waals surface area contributed by atoms with Crippen LogP contribution in [0.4, 0.5) is 5.82 Å². The first kappa shape index (κ1) is 22.3. The second-order valence-electron chi connectivity index (χ2n) is 7.05. The number of halogens is 1. The Morgan fingerprint density at radius 2 is 2.03 bits per heavy atom. The first-order valence-electron chi connectivity index (χ1n) is 9.04. The van der Waals surface area contributed by atoms with Crippen LogP contribution in [0.2, 0.25) is 0 Å². The Kier molecular flexibility index (Phi) is 6.77. The van der Waals surface area contributed by atoms with Crippen LogP contribution in [-0.2, 0) is 10.0 Å². The van der Waals surface area contributed by atoms with Crippen LogP contribution in [-0.4, -0.2) is 23.7 Å². The van der Waals surface area contributed by atoms with Gasteiger partial charge < -0.3 is 0 Å². The average molecular weight is 517 g/mol. The van der Waals surface area contributed by atoms with E-state index in [1.54, 1.807) is 35.2 Å². The maximum atomic E-state index is 12.9. The summed E-state index contributed by atoms with van der Waals surface area (Å²) in [6.45, 7) is 8.12. The molecule has 0 saturated carbocycles. The molecule has 0 amide bonds. The lowest BCUT2D eigenvalue weighted by molar-refractivity contribution is 0.601. The number of sulfonamides is 1. The van der Waals surface area contributed by atoms with Crippen molar-refractivity contribution in [3.05, 3.63) is 49.8 Å². The third-order valence-electron chi connectivity index (χ3n) is 4.40. The molecule has 3 rings (SSSR count). The van der Waals surface area contributed by atoms with Crippen molar-refractivity contribution in [1.82, 2.24) is 9.55 Å². The molecule has 1 aromatic carbocycles. The monoisotopic (exact) mass is 515 g/mol. The molecular weight excluding hydrogens is 494 g/mol. The van der Waals surface area contributed by atoms with Crippen molar-refractivity contribution in [3.63, 3.8) is 0 Å². The average Bonchev–Trinajstić information content (AvgIpc) is 2.94. The minimum atomic E-state index is -3.89. The Morgan fingerprint density at radius 3 is 2.69 bits per heavy atom. The van der Waals surface area contributed by atoms with Crippen molar-refractivity contribution >= 4 is 54.9 Å². The van der Waals surface area contributed by atoms with Crippen molar-refractivity contribution in [2.24, 2.45) is 5.92 Å². The van der Waals surface area contributed by atoms with E-state index in [2.05, 4.69) is 39.5 Å². The molecule has 0 unspecified atom stereocenters. The van der Waals surface area contributed by atoms with E-state index in [0.717, 1.165) is 27.0 Å². The van der Waals surface area contributed by atoms with Crippen LogP contribution in [0.25, 0.3) is 5.69 Å². The molecule has 10 heteroatoms. The zero-order chi connectivity index (χ0) is 21.3. The number of rotatable bonds is 7. The van der Waals surface area contributed by atoms with E-state index < -0.39 is 15.7 Å². The summed E-state index contributed by atoms with van der Waals surface area (Å²) < 4.78 is 31.3. The molecule has 1 N–H and O–H groups in total. The Bertz CT molecular complexity index is 1170. The van der Waals surface area contributed by atoms with Crippen molar-refractivity contribution in [1.29, 1.82) is 0 Å². The van der Waals surface area contributed by atoms with Crippen LogP contribution < -0.4 is 10.4 Å². The van der Waals surface area contributed by atoms with Gasteiger partial charge in [0.2, 0.25) is 0 Å². The topological polar surface area (TPSA) is 81.1 Å². The van der Waals surface area contributed by atoms with Crippen molar-refractivity contribution in [3.8, 4) is 5.69 Å². The van der Waals surface area contributed by atoms with Gasteiger partial charge in [-0.25, -0.2) is 13.2 Å². The molecule has 0 saturated heterocycles. The minimum Gasteiger partial charge on any atom is -0.261 e. The van der Waals surface area contributed by atoms with E-state index in [9.17, 15) is 13.2 Å². The van der Waals surface area contributed by atoms with E-state index in [-0.39, 0.29) is 10.7 Å². The van der Waals surface area contributed by atoms with Crippen LogP contribution in [0.15, 0.2) is 42.6 Å². The van der Waals surface area contributed by atoms with E-state index in [4.69, 9.17) is 0 Å². The summed E-state index contributed by atoms with van der Waals surface area (Å²) in [6.07, 6.45) is 1.02. The molecule has 0 atom stereocenters. The fourth-order valence-electron chi connectivity index (χ4n) is 2.69. The number of fused-ring (bicyclic) bond motifs is 1. The Balaban J connectivity index is 2.07. The number of hydrogen-bond acceptors (Lipinski definition) is 6. The third-order valence-corrected chi connectivity index (χ3v) is 8.71. The number of aryl methyl sites for hydroxylation is 1. The summed E-state index contributed by atoms with van der Waals surface area (Å²) in [5, 5.41) is 0. The molecule has 2 aliphatic heterocycles. The maximum Gasteiger partial charge on any atom is 0.354 e. The summed E-state index contributed by atoms with van der Waals surface area (Å²) in [6, 6.07) is 6.40. The third kappa shape index (κ3) is 4.87.